The van der Waals surface area contributed by atoms with Gasteiger partial charge in [-0.25, -0.2) is 0 Å². The van der Waals surface area contributed by atoms with Crippen LogP contribution in [0.25, 0.3) is 0 Å². The summed E-state index contributed by atoms with van der Waals surface area (Å²) >= 11 is 0. The predicted molar refractivity (Wildman–Crippen MR) is 188 cm³/mol. The lowest BCUT2D eigenvalue weighted by atomic mass is 9.76. The second-order valence-electron chi connectivity index (χ2n) is 14.7. The van der Waals surface area contributed by atoms with Crippen molar-refractivity contribution in [3.05, 3.63) is 83.6 Å². The number of hydrogen-bond donors (Lipinski definition) is 1. The third kappa shape index (κ3) is 8.52. The number of benzene rings is 2. The van der Waals surface area contributed by atoms with Crippen molar-refractivity contribution >= 4 is 8.32 Å². The van der Waals surface area contributed by atoms with E-state index in [0.29, 0.717) is 48.6 Å². The molecule has 2 aliphatic heterocycles. The van der Waals surface area contributed by atoms with Gasteiger partial charge in [0.25, 0.3) is 0 Å². The van der Waals surface area contributed by atoms with Gasteiger partial charge in [0.1, 0.15) is 23.6 Å². The highest BCUT2D eigenvalue weighted by atomic mass is 28.4. The van der Waals surface area contributed by atoms with Crippen LogP contribution in [0.4, 0.5) is 0 Å². The zero-order valence-corrected chi connectivity index (χ0v) is 30.7. The monoisotopic (exact) mass is 652 g/mol. The molecule has 1 fully saturated rings. The molecule has 0 amide bonds. The standard InChI is InChI=1S/C39H60O6Si/c1-29(2)46(30(3)4,31(5)6)45-36(23-16-24-41-27-32-17-11-9-12-18-32)39(8)37(42-28-33-19-13-10-14-20-33)25-38(7)35(44-39)22-15-21-34(26-40)43-38/h9-14,17-21,29-31,35-37,40H,15-16,22-28H2,1-8H3/t35-,36+,37-,38+,39+/m1/s1. The van der Waals surface area contributed by atoms with Crippen molar-refractivity contribution in [3.8, 4) is 0 Å². The quantitative estimate of drug-likeness (QED) is 0.144. The van der Waals surface area contributed by atoms with Gasteiger partial charge in [-0.3, -0.25) is 0 Å². The van der Waals surface area contributed by atoms with E-state index in [1.54, 1.807) is 0 Å². The molecule has 0 radical (unpaired) electrons. The highest BCUT2D eigenvalue weighted by molar-refractivity contribution is 6.77. The second kappa shape index (κ2) is 16.4. The third-order valence-electron chi connectivity index (χ3n) is 10.5. The van der Waals surface area contributed by atoms with Crippen LogP contribution in [0.2, 0.25) is 16.6 Å². The molecule has 0 spiro atoms. The first-order valence-corrected chi connectivity index (χ1v) is 19.7. The van der Waals surface area contributed by atoms with Crippen LogP contribution in [0.3, 0.4) is 0 Å². The van der Waals surface area contributed by atoms with E-state index in [0.717, 1.165) is 31.2 Å². The maximum atomic E-state index is 10.0. The number of rotatable bonds is 16. The van der Waals surface area contributed by atoms with Crippen LogP contribution < -0.4 is 0 Å². The van der Waals surface area contributed by atoms with Crippen LogP contribution in [0.1, 0.15) is 98.6 Å². The Bertz CT molecular complexity index is 1200. The lowest BCUT2D eigenvalue weighted by Crippen LogP contribution is -2.67. The van der Waals surface area contributed by atoms with Gasteiger partial charge < -0.3 is 28.5 Å². The first-order valence-electron chi connectivity index (χ1n) is 17.6. The first kappa shape index (κ1) is 36.8. The average Bonchev–Trinajstić information content (AvgIpc) is 3.19. The molecule has 256 valence electrons. The Kier molecular flexibility index (Phi) is 13.1. The summed E-state index contributed by atoms with van der Waals surface area (Å²) in [5.41, 5.74) is 2.26. The van der Waals surface area contributed by atoms with Crippen LogP contribution in [-0.2, 0) is 36.6 Å². The van der Waals surface area contributed by atoms with E-state index in [4.69, 9.17) is 23.4 Å². The summed E-state index contributed by atoms with van der Waals surface area (Å²) in [6, 6.07) is 20.7. The Hall–Kier alpha value is -2.00. The molecule has 0 unspecified atom stereocenters. The van der Waals surface area contributed by atoms with Crippen LogP contribution in [0, 0.1) is 0 Å². The molecule has 7 heteroatoms. The minimum absolute atomic E-state index is 0.116. The average molecular weight is 653 g/mol. The normalized spacial score (nSPS) is 26.0. The summed E-state index contributed by atoms with van der Waals surface area (Å²) in [5, 5.41) is 10.0. The number of aliphatic hydroxyl groups excluding tert-OH is 1. The summed E-state index contributed by atoms with van der Waals surface area (Å²) in [4.78, 5) is 0. The fraction of sp³-hybridized carbons (Fsp3) is 0.641. The van der Waals surface area contributed by atoms with Gasteiger partial charge in [-0.05, 0) is 73.4 Å². The van der Waals surface area contributed by atoms with E-state index in [1.165, 1.54) is 5.56 Å². The summed E-state index contributed by atoms with van der Waals surface area (Å²) in [6.45, 7) is 20.0. The first-order chi connectivity index (χ1) is 21.9. The molecule has 0 saturated carbocycles. The van der Waals surface area contributed by atoms with Gasteiger partial charge in [0.15, 0.2) is 0 Å². The number of allylic oxidation sites excluding steroid dienone is 1. The van der Waals surface area contributed by atoms with Gasteiger partial charge in [0, 0.05) is 13.0 Å². The Labute approximate surface area is 280 Å². The zero-order valence-electron chi connectivity index (χ0n) is 29.7. The van der Waals surface area contributed by atoms with E-state index in [9.17, 15) is 5.11 Å². The zero-order chi connectivity index (χ0) is 33.4. The van der Waals surface area contributed by atoms with Crippen molar-refractivity contribution in [2.45, 2.75) is 147 Å². The molecule has 0 bridgehead atoms. The van der Waals surface area contributed by atoms with Gasteiger partial charge in [-0.15, -0.1) is 0 Å². The van der Waals surface area contributed by atoms with Crippen LogP contribution in [0.5, 0.6) is 0 Å². The molecule has 0 aromatic heterocycles. The van der Waals surface area contributed by atoms with E-state index in [2.05, 4.69) is 104 Å². The Morgan fingerprint density at radius 2 is 1.46 bits per heavy atom. The minimum atomic E-state index is -2.30. The Balaban J connectivity index is 1.67. The molecule has 2 aromatic carbocycles. The fourth-order valence-electron chi connectivity index (χ4n) is 8.05. The van der Waals surface area contributed by atoms with E-state index >= 15 is 0 Å². The molecule has 2 aromatic rings. The molecule has 6 nitrogen and oxygen atoms in total. The van der Waals surface area contributed by atoms with E-state index < -0.39 is 19.5 Å². The van der Waals surface area contributed by atoms with E-state index in [1.807, 2.05) is 18.2 Å². The fourth-order valence-corrected chi connectivity index (χ4v) is 13.7. The molecule has 1 N–H and O–H groups in total. The van der Waals surface area contributed by atoms with Crippen molar-refractivity contribution < 1.29 is 28.5 Å². The number of hydrogen-bond acceptors (Lipinski definition) is 6. The molecule has 5 atom stereocenters. The molecule has 2 heterocycles. The highest BCUT2D eigenvalue weighted by Crippen LogP contribution is 2.50. The maximum Gasteiger partial charge on any atom is 0.200 e. The van der Waals surface area contributed by atoms with E-state index in [-0.39, 0.29) is 24.9 Å². The minimum Gasteiger partial charge on any atom is -0.487 e. The highest BCUT2D eigenvalue weighted by Gasteiger charge is 2.59. The molecule has 0 aliphatic carbocycles. The van der Waals surface area contributed by atoms with Crippen LogP contribution in [-0.4, -0.2) is 56.2 Å². The van der Waals surface area contributed by atoms with Crippen LogP contribution in [0.15, 0.2) is 72.5 Å². The van der Waals surface area contributed by atoms with Gasteiger partial charge in [0.2, 0.25) is 8.32 Å². The number of ether oxygens (including phenoxy) is 4. The van der Waals surface area contributed by atoms with Gasteiger partial charge in [-0.2, -0.15) is 0 Å². The van der Waals surface area contributed by atoms with Crippen molar-refractivity contribution in [1.29, 1.82) is 0 Å². The van der Waals surface area contributed by atoms with Crippen molar-refractivity contribution in [2.24, 2.45) is 0 Å². The second-order valence-corrected chi connectivity index (χ2v) is 20.1. The summed E-state index contributed by atoms with van der Waals surface area (Å²) in [5.74, 6) is 0.619. The lowest BCUT2D eigenvalue weighted by Gasteiger charge is -2.56. The summed E-state index contributed by atoms with van der Waals surface area (Å²) < 4.78 is 34.6. The molecule has 2 aliphatic rings. The SMILES string of the molecule is CC(C)[Si](O[C@@H](CCCOCc1ccccc1)[C@]1(C)O[C@@H]2CCC=C(CO)O[C@@]2(C)C[C@H]1OCc1ccccc1)(C(C)C)C(C)C. The van der Waals surface area contributed by atoms with Gasteiger partial charge in [0.05, 0.1) is 31.5 Å². The maximum absolute atomic E-state index is 10.0. The Morgan fingerprint density at radius 3 is 2.02 bits per heavy atom. The largest absolute Gasteiger partial charge is 0.487 e. The predicted octanol–water partition coefficient (Wildman–Crippen LogP) is 9.12. The molecule has 1 saturated heterocycles. The third-order valence-corrected chi connectivity index (χ3v) is 16.6. The van der Waals surface area contributed by atoms with Gasteiger partial charge >= 0.3 is 0 Å². The molecular weight excluding hydrogens is 593 g/mol. The summed E-state index contributed by atoms with van der Waals surface area (Å²) in [6.07, 6.45) is 5.28. The van der Waals surface area contributed by atoms with Crippen LogP contribution >= 0.6 is 0 Å². The lowest BCUT2D eigenvalue weighted by molar-refractivity contribution is -0.290. The smallest absolute Gasteiger partial charge is 0.200 e. The van der Waals surface area contributed by atoms with Crippen molar-refractivity contribution in [3.63, 3.8) is 0 Å². The Morgan fingerprint density at radius 1 is 0.870 bits per heavy atom. The van der Waals surface area contributed by atoms with Crippen molar-refractivity contribution in [1.82, 2.24) is 0 Å². The molecule has 4 rings (SSSR count). The number of aliphatic hydroxyl groups is 1. The molecule has 46 heavy (non-hydrogen) atoms. The van der Waals surface area contributed by atoms with Crippen molar-refractivity contribution in [2.75, 3.05) is 13.2 Å². The van der Waals surface area contributed by atoms with Gasteiger partial charge in [-0.1, -0.05) is 102 Å². The number of fused-ring (bicyclic) bond motifs is 1. The summed E-state index contributed by atoms with van der Waals surface area (Å²) in [7, 11) is -2.30. The molecular formula is C39H60O6Si. The topological polar surface area (TPSA) is 66.4 Å².